The van der Waals surface area contributed by atoms with Crippen molar-refractivity contribution in [1.82, 2.24) is 15.5 Å². The number of hydrogen-bond donors (Lipinski definition) is 2. The predicted molar refractivity (Wildman–Crippen MR) is 101 cm³/mol. The maximum Gasteiger partial charge on any atom is 0.324 e. The maximum absolute atomic E-state index is 11.6. The zero-order valence-corrected chi connectivity index (χ0v) is 16.3. The van der Waals surface area contributed by atoms with Gasteiger partial charge in [-0.2, -0.15) is 0 Å². The largest absolute Gasteiger partial charge is 0.377 e. The molecule has 2 fully saturated rings. The second-order valence-electron chi connectivity index (χ2n) is 6.96. The SMILES string of the molecule is CCNC(=O)NC[C@@H]1CC[C@@]2(COCCN(Cc3ccc([N+](=O)[O-])s3)C2)O1. The molecule has 10 heteroatoms. The zero-order valence-electron chi connectivity index (χ0n) is 15.4. The van der Waals surface area contributed by atoms with Crippen LogP contribution in [0.5, 0.6) is 0 Å². The Morgan fingerprint density at radius 2 is 2.33 bits per heavy atom. The summed E-state index contributed by atoms with van der Waals surface area (Å²) >= 11 is 1.21. The molecule has 2 aliphatic rings. The molecule has 0 bridgehead atoms. The zero-order chi connectivity index (χ0) is 19.3. The van der Waals surface area contributed by atoms with E-state index in [1.165, 1.54) is 11.3 Å². The van der Waals surface area contributed by atoms with Gasteiger partial charge in [-0.3, -0.25) is 15.0 Å². The fourth-order valence-electron chi connectivity index (χ4n) is 3.58. The minimum absolute atomic E-state index is 0.0287. The van der Waals surface area contributed by atoms with Gasteiger partial charge < -0.3 is 20.1 Å². The molecule has 1 spiro atoms. The number of rotatable bonds is 6. The van der Waals surface area contributed by atoms with Crippen LogP contribution in [0.3, 0.4) is 0 Å². The first-order valence-corrected chi connectivity index (χ1v) is 10.0. The molecule has 27 heavy (non-hydrogen) atoms. The normalized spacial score (nSPS) is 26.0. The molecule has 0 aliphatic carbocycles. The maximum atomic E-state index is 11.6. The Hall–Kier alpha value is -1.75. The third kappa shape index (κ3) is 5.38. The van der Waals surface area contributed by atoms with Crippen LogP contribution in [0.1, 0.15) is 24.6 Å². The summed E-state index contributed by atoms with van der Waals surface area (Å²) in [5.74, 6) is 0. The van der Waals surface area contributed by atoms with Crippen LogP contribution in [-0.2, 0) is 16.0 Å². The first-order chi connectivity index (χ1) is 13.0. The highest BCUT2D eigenvalue weighted by atomic mass is 32.1. The Labute approximate surface area is 162 Å². The van der Waals surface area contributed by atoms with E-state index < -0.39 is 0 Å². The molecule has 2 N–H and O–H groups in total. The van der Waals surface area contributed by atoms with Crippen LogP contribution in [0, 0.1) is 10.1 Å². The van der Waals surface area contributed by atoms with Crippen molar-refractivity contribution in [3.05, 3.63) is 27.1 Å². The van der Waals surface area contributed by atoms with E-state index in [1.54, 1.807) is 6.07 Å². The fourth-order valence-corrected chi connectivity index (χ4v) is 4.44. The molecule has 9 nitrogen and oxygen atoms in total. The van der Waals surface area contributed by atoms with E-state index >= 15 is 0 Å². The Bertz CT molecular complexity index is 670. The number of carbonyl (C=O) groups excluding carboxylic acids is 1. The molecule has 2 saturated heterocycles. The van der Waals surface area contributed by atoms with Crippen molar-refractivity contribution in [1.29, 1.82) is 0 Å². The van der Waals surface area contributed by atoms with Gasteiger partial charge in [0.05, 0.1) is 24.2 Å². The van der Waals surface area contributed by atoms with Crippen LogP contribution < -0.4 is 10.6 Å². The molecule has 2 atom stereocenters. The van der Waals surface area contributed by atoms with Gasteiger partial charge >= 0.3 is 11.0 Å². The summed E-state index contributed by atoms with van der Waals surface area (Å²) in [5.41, 5.74) is -0.382. The molecule has 0 saturated carbocycles. The van der Waals surface area contributed by atoms with Gasteiger partial charge in [-0.25, -0.2) is 4.79 Å². The highest BCUT2D eigenvalue weighted by Gasteiger charge is 2.43. The molecule has 1 aromatic rings. The highest BCUT2D eigenvalue weighted by Crippen LogP contribution is 2.34. The van der Waals surface area contributed by atoms with Gasteiger partial charge in [-0.1, -0.05) is 11.3 Å². The van der Waals surface area contributed by atoms with Gasteiger partial charge in [-0.15, -0.1) is 0 Å². The van der Waals surface area contributed by atoms with Crippen molar-refractivity contribution in [3.63, 3.8) is 0 Å². The van der Waals surface area contributed by atoms with Crippen LogP contribution in [0.25, 0.3) is 0 Å². The second kappa shape index (κ2) is 8.96. The molecule has 2 amide bonds. The van der Waals surface area contributed by atoms with Gasteiger partial charge in [0.25, 0.3) is 0 Å². The Balaban J connectivity index is 1.55. The average molecular weight is 398 g/mol. The summed E-state index contributed by atoms with van der Waals surface area (Å²) < 4.78 is 12.1. The summed E-state index contributed by atoms with van der Waals surface area (Å²) in [4.78, 5) is 25.3. The molecule has 3 rings (SSSR count). The number of hydrogen-bond acceptors (Lipinski definition) is 7. The van der Waals surface area contributed by atoms with Gasteiger partial charge in [0.1, 0.15) is 5.60 Å². The molecule has 150 valence electrons. The lowest BCUT2D eigenvalue weighted by molar-refractivity contribution is -0.380. The van der Waals surface area contributed by atoms with E-state index in [1.807, 2.05) is 13.0 Å². The lowest BCUT2D eigenvalue weighted by atomic mass is 10.00. The first kappa shape index (κ1) is 20.0. The number of nitro groups is 1. The number of ether oxygens (including phenoxy) is 2. The quantitative estimate of drug-likeness (QED) is 0.558. The molecular weight excluding hydrogens is 372 g/mol. The van der Waals surface area contributed by atoms with E-state index in [2.05, 4.69) is 15.5 Å². The van der Waals surface area contributed by atoms with E-state index in [0.29, 0.717) is 32.8 Å². The highest BCUT2D eigenvalue weighted by molar-refractivity contribution is 7.15. The Morgan fingerprint density at radius 1 is 1.48 bits per heavy atom. The van der Waals surface area contributed by atoms with Crippen LogP contribution in [0.4, 0.5) is 9.80 Å². The topological polar surface area (TPSA) is 106 Å². The number of urea groups is 1. The monoisotopic (exact) mass is 398 g/mol. The molecule has 2 aliphatic heterocycles. The number of amides is 2. The average Bonchev–Trinajstić information content (AvgIpc) is 3.19. The summed E-state index contributed by atoms with van der Waals surface area (Å²) in [6.45, 7) is 6.21. The minimum atomic E-state index is -0.382. The summed E-state index contributed by atoms with van der Waals surface area (Å²) in [7, 11) is 0. The molecule has 0 aromatic carbocycles. The van der Waals surface area contributed by atoms with E-state index in [0.717, 1.165) is 30.8 Å². The Morgan fingerprint density at radius 3 is 3.07 bits per heavy atom. The predicted octanol–water partition coefficient (Wildman–Crippen LogP) is 1.73. The lowest BCUT2D eigenvalue weighted by Gasteiger charge is -2.31. The number of nitrogens with zero attached hydrogens (tertiary/aromatic N) is 2. The molecule has 1 aromatic heterocycles. The van der Waals surface area contributed by atoms with Crippen LogP contribution >= 0.6 is 11.3 Å². The van der Waals surface area contributed by atoms with Gasteiger partial charge in [0.15, 0.2) is 0 Å². The third-order valence-corrected chi connectivity index (χ3v) is 5.82. The van der Waals surface area contributed by atoms with Crippen molar-refractivity contribution in [2.45, 2.75) is 38.0 Å². The molecular formula is C17H26N4O5S. The summed E-state index contributed by atoms with van der Waals surface area (Å²) in [6, 6.07) is 3.19. The number of nitrogens with one attached hydrogen (secondary N) is 2. The van der Waals surface area contributed by atoms with E-state index in [9.17, 15) is 14.9 Å². The standard InChI is InChI=1S/C17H26N4O5S/c1-2-18-16(22)19-9-13-5-6-17(26-13)11-20(7-8-25-12-17)10-14-3-4-15(27-14)21(23)24/h3-4,13H,2,5-12H2,1H3,(H2,18,19,22)/t13-,17+/m0/s1. The number of thiophene rings is 1. The van der Waals surface area contributed by atoms with Crippen molar-refractivity contribution in [2.24, 2.45) is 0 Å². The number of carbonyl (C=O) groups is 1. The van der Waals surface area contributed by atoms with Crippen molar-refractivity contribution >= 4 is 22.4 Å². The lowest BCUT2D eigenvalue weighted by Crippen LogP contribution is -2.45. The van der Waals surface area contributed by atoms with Gasteiger partial charge in [0, 0.05) is 43.7 Å². The fraction of sp³-hybridized carbons (Fsp3) is 0.706. The van der Waals surface area contributed by atoms with Gasteiger partial charge in [0.2, 0.25) is 0 Å². The van der Waals surface area contributed by atoms with Crippen molar-refractivity contribution in [2.75, 3.05) is 39.4 Å². The summed E-state index contributed by atoms with van der Waals surface area (Å²) in [5, 5.41) is 16.6. The molecule has 0 radical (unpaired) electrons. The van der Waals surface area contributed by atoms with Crippen molar-refractivity contribution in [3.8, 4) is 0 Å². The van der Waals surface area contributed by atoms with Crippen LogP contribution in [0.2, 0.25) is 0 Å². The van der Waals surface area contributed by atoms with Crippen LogP contribution in [0.15, 0.2) is 12.1 Å². The van der Waals surface area contributed by atoms with E-state index in [4.69, 9.17) is 9.47 Å². The first-order valence-electron chi connectivity index (χ1n) is 9.22. The third-order valence-electron chi connectivity index (χ3n) is 4.80. The molecule has 3 heterocycles. The Kier molecular flexibility index (Phi) is 6.64. The smallest absolute Gasteiger partial charge is 0.324 e. The second-order valence-corrected chi connectivity index (χ2v) is 8.11. The van der Waals surface area contributed by atoms with Crippen LogP contribution in [-0.4, -0.2) is 67.0 Å². The van der Waals surface area contributed by atoms with Gasteiger partial charge in [-0.05, 0) is 25.8 Å². The minimum Gasteiger partial charge on any atom is -0.377 e. The van der Waals surface area contributed by atoms with Crippen molar-refractivity contribution < 1.29 is 19.2 Å². The summed E-state index contributed by atoms with van der Waals surface area (Å²) in [6.07, 6.45) is 1.71. The molecule has 0 unspecified atom stereocenters. The van der Waals surface area contributed by atoms with E-state index in [-0.39, 0.29) is 27.7 Å².